The van der Waals surface area contributed by atoms with Crippen LogP contribution in [-0.4, -0.2) is 18.2 Å². The maximum Gasteiger partial charge on any atom is 0.115 e. The molecule has 2 heteroatoms. The normalized spacial score (nSPS) is 10.7. The summed E-state index contributed by atoms with van der Waals surface area (Å²) in [6.07, 6.45) is 9.16. The van der Waals surface area contributed by atoms with E-state index in [9.17, 15) is 5.11 Å². The van der Waals surface area contributed by atoms with Gasteiger partial charge in [-0.05, 0) is 43.6 Å². The standard InChI is InChI=1S/C16H27NO/c1-2-3-4-5-6-7-13-17-14-12-15-8-10-16(18)11-9-15/h8-11,17-18H,2-7,12-14H2,1H3. The predicted molar refractivity (Wildman–Crippen MR) is 78.1 cm³/mol. The van der Waals surface area contributed by atoms with Crippen molar-refractivity contribution in [3.8, 4) is 5.75 Å². The first-order valence-corrected chi connectivity index (χ1v) is 7.31. The summed E-state index contributed by atoms with van der Waals surface area (Å²) in [6, 6.07) is 7.48. The molecule has 0 saturated carbocycles. The van der Waals surface area contributed by atoms with Crippen LogP contribution < -0.4 is 5.32 Å². The van der Waals surface area contributed by atoms with Crippen molar-refractivity contribution >= 4 is 0 Å². The van der Waals surface area contributed by atoms with E-state index in [1.54, 1.807) is 12.1 Å². The summed E-state index contributed by atoms with van der Waals surface area (Å²) in [4.78, 5) is 0. The number of rotatable bonds is 10. The lowest BCUT2D eigenvalue weighted by Crippen LogP contribution is -2.18. The number of benzene rings is 1. The molecule has 0 radical (unpaired) electrons. The molecule has 0 amide bonds. The summed E-state index contributed by atoms with van der Waals surface area (Å²) in [7, 11) is 0. The fourth-order valence-electron chi connectivity index (χ4n) is 2.05. The highest BCUT2D eigenvalue weighted by Gasteiger charge is 1.94. The predicted octanol–water partition coefficient (Wildman–Crippen LogP) is 3.88. The van der Waals surface area contributed by atoms with Crippen LogP contribution in [-0.2, 0) is 6.42 Å². The van der Waals surface area contributed by atoms with Crippen LogP contribution in [0.5, 0.6) is 5.75 Å². The van der Waals surface area contributed by atoms with Crippen LogP contribution in [0.25, 0.3) is 0 Å². The van der Waals surface area contributed by atoms with Gasteiger partial charge in [-0.25, -0.2) is 0 Å². The van der Waals surface area contributed by atoms with Gasteiger partial charge in [0.05, 0.1) is 0 Å². The molecule has 0 unspecified atom stereocenters. The molecule has 1 aromatic carbocycles. The summed E-state index contributed by atoms with van der Waals surface area (Å²) in [5.41, 5.74) is 1.28. The topological polar surface area (TPSA) is 32.3 Å². The highest BCUT2D eigenvalue weighted by Crippen LogP contribution is 2.09. The van der Waals surface area contributed by atoms with Gasteiger partial charge in [0.2, 0.25) is 0 Å². The van der Waals surface area contributed by atoms with Gasteiger partial charge in [0.1, 0.15) is 5.75 Å². The largest absolute Gasteiger partial charge is 0.508 e. The fraction of sp³-hybridized carbons (Fsp3) is 0.625. The van der Waals surface area contributed by atoms with E-state index in [1.165, 1.54) is 44.1 Å². The van der Waals surface area contributed by atoms with E-state index in [2.05, 4.69) is 12.2 Å². The Hall–Kier alpha value is -1.02. The van der Waals surface area contributed by atoms with Crippen molar-refractivity contribution in [3.05, 3.63) is 29.8 Å². The molecule has 102 valence electrons. The average molecular weight is 249 g/mol. The lowest BCUT2D eigenvalue weighted by molar-refractivity contribution is 0.475. The number of phenols is 1. The van der Waals surface area contributed by atoms with E-state index in [0.717, 1.165) is 19.5 Å². The highest BCUT2D eigenvalue weighted by molar-refractivity contribution is 5.25. The average Bonchev–Trinajstić information content (AvgIpc) is 2.39. The summed E-state index contributed by atoms with van der Waals surface area (Å²) in [5, 5.41) is 12.6. The van der Waals surface area contributed by atoms with Crippen molar-refractivity contribution in [2.75, 3.05) is 13.1 Å². The second kappa shape index (κ2) is 9.95. The summed E-state index contributed by atoms with van der Waals surface area (Å²) < 4.78 is 0. The third-order valence-electron chi connectivity index (χ3n) is 3.23. The van der Waals surface area contributed by atoms with Crippen LogP contribution in [0.4, 0.5) is 0 Å². The Balaban J connectivity index is 1.91. The SMILES string of the molecule is CCCCCCCCNCCc1ccc(O)cc1. The molecule has 0 heterocycles. The maximum absolute atomic E-state index is 9.17. The first-order chi connectivity index (χ1) is 8.83. The van der Waals surface area contributed by atoms with Gasteiger partial charge in [-0.3, -0.25) is 0 Å². The molecule has 1 rings (SSSR count). The van der Waals surface area contributed by atoms with Crippen LogP contribution in [0.2, 0.25) is 0 Å². The Labute approximate surface area is 111 Å². The Morgan fingerprint density at radius 3 is 2.28 bits per heavy atom. The van der Waals surface area contributed by atoms with E-state index in [0.29, 0.717) is 5.75 Å². The minimum atomic E-state index is 0.346. The van der Waals surface area contributed by atoms with Crippen LogP contribution in [0.15, 0.2) is 24.3 Å². The first-order valence-electron chi connectivity index (χ1n) is 7.31. The van der Waals surface area contributed by atoms with Crippen molar-refractivity contribution < 1.29 is 5.11 Å². The number of unbranched alkanes of at least 4 members (excludes halogenated alkanes) is 5. The molecule has 0 bridgehead atoms. The third kappa shape index (κ3) is 7.33. The number of aromatic hydroxyl groups is 1. The zero-order chi connectivity index (χ0) is 13.1. The molecule has 0 fully saturated rings. The molecule has 0 aliphatic carbocycles. The molecule has 0 spiro atoms. The minimum absolute atomic E-state index is 0.346. The Bertz CT molecular complexity index is 294. The van der Waals surface area contributed by atoms with Gasteiger partial charge in [0.15, 0.2) is 0 Å². The maximum atomic E-state index is 9.17. The summed E-state index contributed by atoms with van der Waals surface area (Å²) in [5.74, 6) is 0.346. The second-order valence-electron chi connectivity index (χ2n) is 4.93. The first kappa shape index (κ1) is 15.0. The zero-order valence-electron chi connectivity index (χ0n) is 11.6. The number of phenolic OH excluding ortho intramolecular Hbond substituents is 1. The van der Waals surface area contributed by atoms with E-state index >= 15 is 0 Å². The van der Waals surface area contributed by atoms with E-state index in [1.807, 2.05) is 12.1 Å². The molecular weight excluding hydrogens is 222 g/mol. The molecule has 0 aliphatic heterocycles. The number of hydrogen-bond acceptors (Lipinski definition) is 2. The number of hydrogen-bond donors (Lipinski definition) is 2. The Morgan fingerprint density at radius 2 is 1.56 bits per heavy atom. The van der Waals surface area contributed by atoms with Gasteiger partial charge in [0, 0.05) is 0 Å². The van der Waals surface area contributed by atoms with Crippen molar-refractivity contribution in [3.63, 3.8) is 0 Å². The van der Waals surface area contributed by atoms with Crippen molar-refractivity contribution in [2.45, 2.75) is 51.9 Å². The lowest BCUT2D eigenvalue weighted by atomic mass is 10.1. The third-order valence-corrected chi connectivity index (χ3v) is 3.23. The van der Waals surface area contributed by atoms with Crippen molar-refractivity contribution in [1.82, 2.24) is 5.32 Å². The molecule has 0 saturated heterocycles. The van der Waals surface area contributed by atoms with Crippen LogP contribution in [0, 0.1) is 0 Å². The molecular formula is C16H27NO. The highest BCUT2D eigenvalue weighted by atomic mass is 16.3. The van der Waals surface area contributed by atoms with E-state index in [-0.39, 0.29) is 0 Å². The monoisotopic (exact) mass is 249 g/mol. The molecule has 18 heavy (non-hydrogen) atoms. The molecule has 0 aromatic heterocycles. The van der Waals surface area contributed by atoms with Crippen LogP contribution in [0.1, 0.15) is 51.0 Å². The Kier molecular flexibility index (Phi) is 8.32. The van der Waals surface area contributed by atoms with Crippen LogP contribution in [0.3, 0.4) is 0 Å². The summed E-state index contributed by atoms with van der Waals surface area (Å²) in [6.45, 7) is 4.41. The quantitative estimate of drug-likeness (QED) is 0.617. The van der Waals surface area contributed by atoms with Gasteiger partial charge in [-0.15, -0.1) is 0 Å². The van der Waals surface area contributed by atoms with Gasteiger partial charge in [0.25, 0.3) is 0 Å². The van der Waals surface area contributed by atoms with Gasteiger partial charge in [-0.1, -0.05) is 51.2 Å². The molecule has 0 atom stereocenters. The van der Waals surface area contributed by atoms with Gasteiger partial charge in [-0.2, -0.15) is 0 Å². The van der Waals surface area contributed by atoms with Gasteiger partial charge < -0.3 is 10.4 Å². The molecule has 0 aliphatic rings. The van der Waals surface area contributed by atoms with Gasteiger partial charge >= 0.3 is 0 Å². The van der Waals surface area contributed by atoms with E-state index in [4.69, 9.17) is 0 Å². The smallest absolute Gasteiger partial charge is 0.115 e. The minimum Gasteiger partial charge on any atom is -0.508 e. The fourth-order valence-corrected chi connectivity index (χ4v) is 2.05. The lowest BCUT2D eigenvalue weighted by Gasteiger charge is -2.05. The number of nitrogens with one attached hydrogen (secondary N) is 1. The molecule has 1 aromatic rings. The van der Waals surface area contributed by atoms with Crippen molar-refractivity contribution in [2.24, 2.45) is 0 Å². The van der Waals surface area contributed by atoms with Crippen molar-refractivity contribution in [1.29, 1.82) is 0 Å². The van der Waals surface area contributed by atoms with E-state index < -0.39 is 0 Å². The second-order valence-corrected chi connectivity index (χ2v) is 4.93. The Morgan fingerprint density at radius 1 is 0.889 bits per heavy atom. The molecule has 2 N–H and O–H groups in total. The summed E-state index contributed by atoms with van der Waals surface area (Å²) >= 11 is 0. The van der Waals surface area contributed by atoms with Crippen LogP contribution >= 0.6 is 0 Å². The molecule has 2 nitrogen and oxygen atoms in total. The zero-order valence-corrected chi connectivity index (χ0v) is 11.6.